The third-order valence-corrected chi connectivity index (χ3v) is 4.47. The molecule has 0 aliphatic heterocycles. The molecule has 0 unspecified atom stereocenters. The van der Waals surface area contributed by atoms with Crippen molar-refractivity contribution in [2.75, 3.05) is 6.54 Å². The Morgan fingerprint density at radius 3 is 2.92 bits per heavy atom. The van der Waals surface area contributed by atoms with Crippen LogP contribution in [0.15, 0.2) is 42.3 Å². The quantitative estimate of drug-likeness (QED) is 0.658. The Bertz CT molecular complexity index is 745. The molecule has 25 heavy (non-hydrogen) atoms. The van der Waals surface area contributed by atoms with Gasteiger partial charge in [0.05, 0.1) is 6.54 Å². The van der Waals surface area contributed by atoms with Gasteiger partial charge in [0, 0.05) is 23.4 Å². The van der Waals surface area contributed by atoms with Crippen LogP contribution in [0.4, 0.5) is 0 Å². The first-order chi connectivity index (χ1) is 12.1. The molecule has 0 aliphatic rings. The van der Waals surface area contributed by atoms with Gasteiger partial charge >= 0.3 is 0 Å². The van der Waals surface area contributed by atoms with Crippen LogP contribution >= 0.6 is 22.9 Å². The molecule has 1 heterocycles. The molecule has 2 aromatic rings. The molecule has 7 heteroatoms. The fraction of sp³-hybridized carbons (Fsp3) is 0.278. The molecule has 0 bridgehead atoms. The lowest BCUT2D eigenvalue weighted by atomic mass is 10.1. The molecule has 2 amide bonds. The van der Waals surface area contributed by atoms with Crippen LogP contribution in [0, 0.1) is 0 Å². The maximum absolute atomic E-state index is 12.1. The number of thiazole rings is 1. The van der Waals surface area contributed by atoms with Crippen molar-refractivity contribution in [1.82, 2.24) is 15.6 Å². The maximum atomic E-state index is 12.1. The van der Waals surface area contributed by atoms with Gasteiger partial charge in [0.1, 0.15) is 10.7 Å². The molecular weight excluding hydrogens is 358 g/mol. The predicted molar refractivity (Wildman–Crippen MR) is 101 cm³/mol. The van der Waals surface area contributed by atoms with Crippen LogP contribution in [0.1, 0.15) is 33.9 Å². The molecule has 2 rings (SSSR count). The van der Waals surface area contributed by atoms with Crippen molar-refractivity contribution >= 4 is 34.8 Å². The topological polar surface area (TPSA) is 71.1 Å². The van der Waals surface area contributed by atoms with E-state index < -0.39 is 0 Å². The number of nitrogens with one attached hydrogen (secondary N) is 2. The Hall–Kier alpha value is -2.18. The monoisotopic (exact) mass is 377 g/mol. The minimum absolute atomic E-state index is 0.0531. The van der Waals surface area contributed by atoms with Crippen LogP contribution in [-0.2, 0) is 17.8 Å². The molecule has 132 valence electrons. The second kappa shape index (κ2) is 9.96. The molecule has 0 radical (unpaired) electrons. The van der Waals surface area contributed by atoms with E-state index in [9.17, 15) is 9.59 Å². The number of benzene rings is 1. The number of hydrogen-bond donors (Lipinski definition) is 2. The fourth-order valence-corrected chi connectivity index (χ4v) is 3.02. The molecule has 0 saturated carbocycles. The van der Waals surface area contributed by atoms with Gasteiger partial charge in [-0.15, -0.1) is 17.9 Å². The summed E-state index contributed by atoms with van der Waals surface area (Å²) in [6.07, 6.45) is 3.45. The molecule has 0 saturated heterocycles. The van der Waals surface area contributed by atoms with E-state index in [1.807, 2.05) is 24.3 Å². The standard InChI is InChI=1S/C18H20ClN3O2S/c1-2-3-7-16(23)21-11-17-22-15(12-25-17)18(24)20-9-8-13-5-4-6-14(19)10-13/h2,4-6,10,12H,1,3,7-9,11H2,(H,20,24)(H,21,23). The Morgan fingerprint density at radius 2 is 2.16 bits per heavy atom. The minimum atomic E-state index is -0.220. The van der Waals surface area contributed by atoms with E-state index in [-0.39, 0.29) is 11.8 Å². The predicted octanol–water partition coefficient (Wildman–Crippen LogP) is 3.35. The van der Waals surface area contributed by atoms with E-state index in [4.69, 9.17) is 11.6 Å². The molecule has 0 spiro atoms. The summed E-state index contributed by atoms with van der Waals surface area (Å²) < 4.78 is 0. The Morgan fingerprint density at radius 1 is 1.32 bits per heavy atom. The maximum Gasteiger partial charge on any atom is 0.270 e. The second-order valence-corrected chi connectivity index (χ2v) is 6.75. The van der Waals surface area contributed by atoms with Gasteiger partial charge < -0.3 is 10.6 Å². The first kappa shape index (κ1) is 19.1. The molecule has 0 fully saturated rings. The second-order valence-electron chi connectivity index (χ2n) is 5.37. The van der Waals surface area contributed by atoms with Gasteiger partial charge in [-0.25, -0.2) is 4.98 Å². The van der Waals surface area contributed by atoms with Crippen LogP contribution in [0.5, 0.6) is 0 Å². The van der Waals surface area contributed by atoms with Gasteiger partial charge in [-0.3, -0.25) is 9.59 Å². The highest BCUT2D eigenvalue weighted by Crippen LogP contribution is 2.11. The van der Waals surface area contributed by atoms with E-state index in [0.29, 0.717) is 48.1 Å². The number of hydrogen-bond acceptors (Lipinski definition) is 4. The first-order valence-corrected chi connectivity index (χ1v) is 9.19. The van der Waals surface area contributed by atoms with Crippen LogP contribution in [-0.4, -0.2) is 23.3 Å². The number of allylic oxidation sites excluding steroid dienone is 1. The highest BCUT2D eigenvalue weighted by atomic mass is 35.5. The summed E-state index contributed by atoms with van der Waals surface area (Å²) in [6.45, 7) is 4.41. The number of carbonyl (C=O) groups excluding carboxylic acids is 2. The van der Waals surface area contributed by atoms with Crippen LogP contribution < -0.4 is 10.6 Å². The number of halogens is 1. The average molecular weight is 378 g/mol. The number of carbonyl (C=O) groups is 2. The molecule has 1 aromatic carbocycles. The zero-order chi connectivity index (χ0) is 18.1. The SMILES string of the molecule is C=CCCC(=O)NCc1nc(C(=O)NCCc2cccc(Cl)c2)cs1. The van der Waals surface area contributed by atoms with Gasteiger partial charge in [0.25, 0.3) is 5.91 Å². The zero-order valence-corrected chi connectivity index (χ0v) is 15.3. The highest BCUT2D eigenvalue weighted by molar-refractivity contribution is 7.09. The van der Waals surface area contributed by atoms with Gasteiger partial charge in [0.2, 0.25) is 5.91 Å². The van der Waals surface area contributed by atoms with Crippen molar-refractivity contribution in [3.05, 3.63) is 63.6 Å². The largest absolute Gasteiger partial charge is 0.350 e. The lowest BCUT2D eigenvalue weighted by Crippen LogP contribution is -2.26. The number of amides is 2. The molecule has 0 atom stereocenters. The fourth-order valence-electron chi connectivity index (χ4n) is 2.10. The first-order valence-electron chi connectivity index (χ1n) is 7.93. The molecule has 1 aromatic heterocycles. The average Bonchev–Trinajstić information content (AvgIpc) is 3.07. The van der Waals surface area contributed by atoms with Crippen LogP contribution in [0.3, 0.4) is 0 Å². The normalized spacial score (nSPS) is 10.3. The number of rotatable bonds is 9. The summed E-state index contributed by atoms with van der Waals surface area (Å²) in [5, 5.41) is 8.69. The lowest BCUT2D eigenvalue weighted by Gasteiger charge is -2.04. The van der Waals surface area contributed by atoms with Crippen molar-refractivity contribution in [3.63, 3.8) is 0 Å². The number of nitrogens with zero attached hydrogens (tertiary/aromatic N) is 1. The number of aromatic nitrogens is 1. The molecule has 2 N–H and O–H groups in total. The summed E-state index contributed by atoms with van der Waals surface area (Å²) in [7, 11) is 0. The smallest absolute Gasteiger partial charge is 0.270 e. The zero-order valence-electron chi connectivity index (χ0n) is 13.8. The van der Waals surface area contributed by atoms with Crippen molar-refractivity contribution in [1.29, 1.82) is 0 Å². The van der Waals surface area contributed by atoms with Crippen molar-refractivity contribution in [2.24, 2.45) is 0 Å². The van der Waals surface area contributed by atoms with E-state index in [1.54, 1.807) is 11.5 Å². The third kappa shape index (κ3) is 6.68. The van der Waals surface area contributed by atoms with Gasteiger partial charge in [0.15, 0.2) is 0 Å². The van der Waals surface area contributed by atoms with Gasteiger partial charge in [-0.2, -0.15) is 0 Å². The summed E-state index contributed by atoms with van der Waals surface area (Å²) in [6, 6.07) is 7.55. The summed E-state index contributed by atoms with van der Waals surface area (Å²) in [5.41, 5.74) is 1.43. The van der Waals surface area contributed by atoms with Crippen LogP contribution in [0.2, 0.25) is 5.02 Å². The molecule has 5 nitrogen and oxygen atoms in total. The van der Waals surface area contributed by atoms with Crippen molar-refractivity contribution in [3.8, 4) is 0 Å². The Kier molecular flexibility index (Phi) is 7.63. The third-order valence-electron chi connectivity index (χ3n) is 3.38. The summed E-state index contributed by atoms with van der Waals surface area (Å²) >= 11 is 7.29. The van der Waals surface area contributed by atoms with Crippen molar-refractivity contribution in [2.45, 2.75) is 25.8 Å². The summed E-state index contributed by atoms with van der Waals surface area (Å²) in [5.74, 6) is -0.273. The van der Waals surface area contributed by atoms with Crippen LogP contribution in [0.25, 0.3) is 0 Å². The highest BCUT2D eigenvalue weighted by Gasteiger charge is 2.11. The van der Waals surface area contributed by atoms with E-state index in [1.165, 1.54) is 11.3 Å². The summed E-state index contributed by atoms with van der Waals surface area (Å²) in [4.78, 5) is 27.9. The Labute approximate surface area is 156 Å². The van der Waals surface area contributed by atoms with E-state index in [0.717, 1.165) is 5.56 Å². The van der Waals surface area contributed by atoms with E-state index >= 15 is 0 Å². The van der Waals surface area contributed by atoms with E-state index in [2.05, 4.69) is 22.2 Å². The lowest BCUT2D eigenvalue weighted by molar-refractivity contribution is -0.121. The molecular formula is C18H20ClN3O2S. The minimum Gasteiger partial charge on any atom is -0.350 e. The van der Waals surface area contributed by atoms with Gasteiger partial charge in [-0.1, -0.05) is 29.8 Å². The van der Waals surface area contributed by atoms with Gasteiger partial charge in [-0.05, 0) is 30.5 Å². The molecule has 0 aliphatic carbocycles. The van der Waals surface area contributed by atoms with Crippen molar-refractivity contribution < 1.29 is 9.59 Å². The Balaban J connectivity index is 1.76.